The van der Waals surface area contributed by atoms with E-state index in [-0.39, 0.29) is 0 Å². The highest BCUT2D eigenvalue weighted by Crippen LogP contribution is 2.34. The SMILES string of the molecule is COc1cc(-c2nc3ccccc3o2)ccc1-c1ccc(N)cn1. The van der Waals surface area contributed by atoms with E-state index in [1.54, 1.807) is 13.3 Å². The first kappa shape index (κ1) is 14.3. The molecule has 24 heavy (non-hydrogen) atoms. The lowest BCUT2D eigenvalue weighted by Gasteiger charge is -2.09. The van der Waals surface area contributed by atoms with E-state index in [1.807, 2.05) is 54.6 Å². The quantitative estimate of drug-likeness (QED) is 0.614. The van der Waals surface area contributed by atoms with Crippen molar-refractivity contribution < 1.29 is 9.15 Å². The van der Waals surface area contributed by atoms with Gasteiger partial charge in [-0.2, -0.15) is 0 Å². The number of nitrogens with two attached hydrogens (primary N) is 1. The molecule has 5 nitrogen and oxygen atoms in total. The van der Waals surface area contributed by atoms with E-state index >= 15 is 0 Å². The first-order valence-corrected chi connectivity index (χ1v) is 7.50. The van der Waals surface area contributed by atoms with Crippen LogP contribution in [0.2, 0.25) is 0 Å². The number of fused-ring (bicyclic) bond motifs is 1. The van der Waals surface area contributed by atoms with Gasteiger partial charge in [-0.05, 0) is 42.5 Å². The van der Waals surface area contributed by atoms with Gasteiger partial charge in [0.05, 0.1) is 24.7 Å². The third kappa shape index (κ3) is 2.46. The van der Waals surface area contributed by atoms with Gasteiger partial charge in [0.15, 0.2) is 5.58 Å². The number of pyridine rings is 1. The van der Waals surface area contributed by atoms with Crippen LogP contribution in [0, 0.1) is 0 Å². The van der Waals surface area contributed by atoms with E-state index in [0.29, 0.717) is 17.3 Å². The van der Waals surface area contributed by atoms with Gasteiger partial charge in [0.2, 0.25) is 5.89 Å². The number of hydrogen-bond donors (Lipinski definition) is 1. The van der Waals surface area contributed by atoms with Crippen LogP contribution in [-0.2, 0) is 0 Å². The zero-order valence-electron chi connectivity index (χ0n) is 13.1. The molecule has 2 N–H and O–H groups in total. The van der Waals surface area contributed by atoms with Gasteiger partial charge in [0.25, 0.3) is 0 Å². The van der Waals surface area contributed by atoms with Gasteiger partial charge < -0.3 is 14.9 Å². The Balaban J connectivity index is 1.79. The predicted octanol–water partition coefficient (Wildman–Crippen LogP) is 4.15. The van der Waals surface area contributed by atoms with E-state index in [0.717, 1.165) is 27.9 Å². The molecule has 0 bridgehead atoms. The maximum absolute atomic E-state index is 5.82. The maximum atomic E-state index is 5.82. The average molecular weight is 317 g/mol. The van der Waals surface area contributed by atoms with Crippen LogP contribution in [0.3, 0.4) is 0 Å². The van der Waals surface area contributed by atoms with Crippen molar-refractivity contribution in [3.8, 4) is 28.5 Å². The van der Waals surface area contributed by atoms with E-state index in [2.05, 4.69) is 9.97 Å². The lowest BCUT2D eigenvalue weighted by atomic mass is 10.1. The number of hydrogen-bond acceptors (Lipinski definition) is 5. The molecule has 0 aliphatic carbocycles. The highest BCUT2D eigenvalue weighted by Gasteiger charge is 2.13. The normalized spacial score (nSPS) is 10.9. The van der Waals surface area contributed by atoms with Crippen molar-refractivity contribution in [1.82, 2.24) is 9.97 Å². The fraction of sp³-hybridized carbons (Fsp3) is 0.0526. The van der Waals surface area contributed by atoms with Gasteiger partial charge in [-0.3, -0.25) is 4.98 Å². The van der Waals surface area contributed by atoms with Crippen molar-refractivity contribution in [1.29, 1.82) is 0 Å². The van der Waals surface area contributed by atoms with Gasteiger partial charge in [-0.1, -0.05) is 12.1 Å². The fourth-order valence-electron chi connectivity index (χ4n) is 2.60. The Morgan fingerprint density at radius 2 is 1.92 bits per heavy atom. The van der Waals surface area contributed by atoms with Gasteiger partial charge >= 0.3 is 0 Å². The number of nitrogen functional groups attached to an aromatic ring is 1. The van der Waals surface area contributed by atoms with Crippen molar-refractivity contribution >= 4 is 16.8 Å². The molecular formula is C19H15N3O2. The zero-order valence-corrected chi connectivity index (χ0v) is 13.1. The molecule has 0 atom stereocenters. The van der Waals surface area contributed by atoms with Crippen LogP contribution in [0.1, 0.15) is 0 Å². The van der Waals surface area contributed by atoms with Crippen molar-refractivity contribution in [3.05, 3.63) is 60.8 Å². The number of oxazole rings is 1. The van der Waals surface area contributed by atoms with Crippen LogP contribution in [0.4, 0.5) is 5.69 Å². The van der Waals surface area contributed by atoms with E-state index in [4.69, 9.17) is 14.9 Å². The molecule has 4 aromatic rings. The van der Waals surface area contributed by atoms with Crippen LogP contribution in [0.25, 0.3) is 33.8 Å². The molecule has 118 valence electrons. The topological polar surface area (TPSA) is 74.2 Å². The van der Waals surface area contributed by atoms with Gasteiger partial charge in [-0.25, -0.2) is 4.98 Å². The second kappa shape index (κ2) is 5.70. The molecular weight excluding hydrogens is 302 g/mol. The summed E-state index contributed by atoms with van der Waals surface area (Å²) in [5, 5.41) is 0. The maximum Gasteiger partial charge on any atom is 0.227 e. The molecule has 0 spiro atoms. The van der Waals surface area contributed by atoms with Crippen molar-refractivity contribution in [3.63, 3.8) is 0 Å². The Bertz CT molecular complexity index is 974. The molecule has 2 aromatic heterocycles. The Hall–Kier alpha value is -3.34. The lowest BCUT2D eigenvalue weighted by molar-refractivity contribution is 0.416. The Morgan fingerprint density at radius 1 is 1.04 bits per heavy atom. The molecule has 4 rings (SSSR count). The standard InChI is InChI=1S/C19H15N3O2/c1-23-18-10-12(19-22-16-4-2-3-5-17(16)24-19)6-8-14(18)15-9-7-13(20)11-21-15/h2-11H,20H2,1H3. The molecule has 0 fully saturated rings. The summed E-state index contributed by atoms with van der Waals surface area (Å²) in [5.41, 5.74) is 10.4. The predicted molar refractivity (Wildman–Crippen MR) is 93.6 cm³/mol. The molecule has 0 amide bonds. The number of anilines is 1. The highest BCUT2D eigenvalue weighted by molar-refractivity contribution is 5.78. The summed E-state index contributed by atoms with van der Waals surface area (Å²) >= 11 is 0. The number of benzene rings is 2. The first-order valence-electron chi connectivity index (χ1n) is 7.50. The number of para-hydroxylation sites is 2. The zero-order chi connectivity index (χ0) is 16.5. The van der Waals surface area contributed by atoms with Crippen LogP contribution in [-0.4, -0.2) is 17.1 Å². The summed E-state index contributed by atoms with van der Waals surface area (Å²) in [6, 6.07) is 17.2. The summed E-state index contributed by atoms with van der Waals surface area (Å²) < 4.78 is 11.3. The van der Waals surface area contributed by atoms with E-state index in [9.17, 15) is 0 Å². The van der Waals surface area contributed by atoms with Crippen LogP contribution < -0.4 is 10.5 Å². The van der Waals surface area contributed by atoms with Crippen molar-refractivity contribution in [2.24, 2.45) is 0 Å². The van der Waals surface area contributed by atoms with E-state index in [1.165, 1.54) is 0 Å². The molecule has 2 heterocycles. The Morgan fingerprint density at radius 3 is 2.67 bits per heavy atom. The molecule has 5 heteroatoms. The number of ether oxygens (including phenoxy) is 1. The number of methoxy groups -OCH3 is 1. The van der Waals surface area contributed by atoms with Gasteiger partial charge in [0, 0.05) is 11.1 Å². The number of rotatable bonds is 3. The number of aromatic nitrogens is 2. The monoisotopic (exact) mass is 317 g/mol. The second-order valence-electron chi connectivity index (χ2n) is 5.38. The summed E-state index contributed by atoms with van der Waals surface area (Å²) in [4.78, 5) is 8.87. The molecule has 0 saturated carbocycles. The van der Waals surface area contributed by atoms with Crippen LogP contribution >= 0.6 is 0 Å². The molecule has 0 aliphatic heterocycles. The number of nitrogens with zero attached hydrogens (tertiary/aromatic N) is 2. The average Bonchev–Trinajstić information content (AvgIpc) is 3.06. The minimum Gasteiger partial charge on any atom is -0.496 e. The molecule has 0 radical (unpaired) electrons. The van der Waals surface area contributed by atoms with Crippen LogP contribution in [0.5, 0.6) is 5.75 Å². The smallest absolute Gasteiger partial charge is 0.227 e. The minimum atomic E-state index is 0.561. The van der Waals surface area contributed by atoms with Gasteiger partial charge in [-0.15, -0.1) is 0 Å². The van der Waals surface area contributed by atoms with Gasteiger partial charge in [0.1, 0.15) is 11.3 Å². The summed E-state index contributed by atoms with van der Waals surface area (Å²) in [6.07, 6.45) is 1.63. The summed E-state index contributed by atoms with van der Waals surface area (Å²) in [6.45, 7) is 0. The molecule has 2 aromatic carbocycles. The van der Waals surface area contributed by atoms with E-state index < -0.39 is 0 Å². The third-order valence-corrected chi connectivity index (χ3v) is 3.80. The second-order valence-corrected chi connectivity index (χ2v) is 5.38. The molecule has 0 saturated heterocycles. The van der Waals surface area contributed by atoms with Crippen molar-refractivity contribution in [2.75, 3.05) is 12.8 Å². The van der Waals surface area contributed by atoms with Crippen LogP contribution in [0.15, 0.2) is 65.2 Å². The lowest BCUT2D eigenvalue weighted by Crippen LogP contribution is -1.92. The minimum absolute atomic E-state index is 0.561. The third-order valence-electron chi connectivity index (χ3n) is 3.80. The highest BCUT2D eigenvalue weighted by atomic mass is 16.5. The largest absolute Gasteiger partial charge is 0.496 e. The fourth-order valence-corrected chi connectivity index (χ4v) is 2.60. The first-order chi connectivity index (χ1) is 11.7. The molecule has 0 unspecified atom stereocenters. The Labute approximate surface area is 138 Å². The van der Waals surface area contributed by atoms with Crippen molar-refractivity contribution in [2.45, 2.75) is 0 Å². The Kier molecular flexibility index (Phi) is 3.39. The summed E-state index contributed by atoms with van der Waals surface area (Å²) in [7, 11) is 1.63. The summed E-state index contributed by atoms with van der Waals surface area (Å²) in [5.74, 6) is 1.26. The molecule has 0 aliphatic rings.